The van der Waals surface area contributed by atoms with E-state index in [0.717, 1.165) is 10.8 Å². The summed E-state index contributed by atoms with van der Waals surface area (Å²) in [6, 6.07) is 12.7. The van der Waals surface area contributed by atoms with Gasteiger partial charge in [0.05, 0.1) is 0 Å². The van der Waals surface area contributed by atoms with E-state index in [9.17, 15) is 9.59 Å². The van der Waals surface area contributed by atoms with Crippen LogP contribution < -0.4 is 16.2 Å². The molecule has 5 heteroatoms. The van der Waals surface area contributed by atoms with Crippen molar-refractivity contribution in [2.75, 3.05) is 6.54 Å². The van der Waals surface area contributed by atoms with Gasteiger partial charge in [-0.15, -0.1) is 0 Å². The molecule has 0 radical (unpaired) electrons. The summed E-state index contributed by atoms with van der Waals surface area (Å²) in [5.74, 6) is -0.350. The van der Waals surface area contributed by atoms with Gasteiger partial charge in [-0.3, -0.25) is 10.2 Å². The summed E-state index contributed by atoms with van der Waals surface area (Å²) in [7, 11) is 0. The third kappa shape index (κ3) is 3.22. The van der Waals surface area contributed by atoms with Crippen molar-refractivity contribution in [2.45, 2.75) is 6.92 Å². The number of amides is 3. The number of carbonyl (C=O) groups is 2. The summed E-state index contributed by atoms with van der Waals surface area (Å²) in [6.07, 6.45) is 0. The van der Waals surface area contributed by atoms with Crippen molar-refractivity contribution in [1.29, 1.82) is 0 Å². The smallest absolute Gasteiger partial charge is 0.333 e. The van der Waals surface area contributed by atoms with Crippen molar-refractivity contribution in [3.8, 4) is 0 Å². The number of carbonyl (C=O) groups excluding carboxylic acids is 2. The predicted molar refractivity (Wildman–Crippen MR) is 73.6 cm³/mol. The molecule has 0 bridgehead atoms. The van der Waals surface area contributed by atoms with Gasteiger partial charge < -0.3 is 5.32 Å². The Kier molecular flexibility index (Phi) is 3.97. The summed E-state index contributed by atoms with van der Waals surface area (Å²) in [6.45, 7) is 2.29. The van der Waals surface area contributed by atoms with Crippen LogP contribution in [0.5, 0.6) is 0 Å². The molecule has 0 aromatic heterocycles. The van der Waals surface area contributed by atoms with Crippen molar-refractivity contribution in [1.82, 2.24) is 16.2 Å². The Hall–Kier alpha value is -2.56. The third-order valence-corrected chi connectivity index (χ3v) is 2.64. The lowest BCUT2D eigenvalue weighted by Crippen LogP contribution is -2.46. The molecule has 0 unspecified atom stereocenters. The molecule has 0 aliphatic carbocycles. The van der Waals surface area contributed by atoms with E-state index in [1.54, 1.807) is 19.1 Å². The number of benzene rings is 2. The van der Waals surface area contributed by atoms with Crippen LogP contribution in [0, 0.1) is 0 Å². The van der Waals surface area contributed by atoms with Gasteiger partial charge in [0.15, 0.2) is 0 Å². The second-order valence-corrected chi connectivity index (χ2v) is 4.00. The molecule has 5 nitrogen and oxygen atoms in total. The van der Waals surface area contributed by atoms with Crippen molar-refractivity contribution in [2.24, 2.45) is 0 Å². The van der Waals surface area contributed by atoms with E-state index in [2.05, 4.69) is 16.2 Å². The molecule has 19 heavy (non-hydrogen) atoms. The van der Waals surface area contributed by atoms with Gasteiger partial charge in [0.1, 0.15) is 0 Å². The lowest BCUT2D eigenvalue weighted by atomic mass is 10.1. The van der Waals surface area contributed by atoms with Crippen molar-refractivity contribution in [3.63, 3.8) is 0 Å². The first-order chi connectivity index (χ1) is 9.20. The van der Waals surface area contributed by atoms with Gasteiger partial charge in [-0.2, -0.15) is 0 Å². The van der Waals surface area contributed by atoms with Gasteiger partial charge >= 0.3 is 6.03 Å². The highest BCUT2D eigenvalue weighted by atomic mass is 16.2. The molecule has 2 aromatic rings. The maximum Gasteiger partial charge on any atom is 0.333 e. The molecular weight excluding hydrogens is 242 g/mol. The highest BCUT2D eigenvalue weighted by molar-refractivity contribution is 5.99. The van der Waals surface area contributed by atoms with Crippen molar-refractivity contribution in [3.05, 3.63) is 48.0 Å². The number of hydrogen-bond donors (Lipinski definition) is 3. The van der Waals surface area contributed by atoms with Gasteiger partial charge in [0.25, 0.3) is 5.91 Å². The number of rotatable bonds is 2. The van der Waals surface area contributed by atoms with Crippen LogP contribution in [-0.4, -0.2) is 18.5 Å². The van der Waals surface area contributed by atoms with Gasteiger partial charge in [-0.25, -0.2) is 10.2 Å². The van der Waals surface area contributed by atoms with E-state index >= 15 is 0 Å². The van der Waals surface area contributed by atoms with Crippen molar-refractivity contribution < 1.29 is 9.59 Å². The Morgan fingerprint density at radius 2 is 1.74 bits per heavy atom. The highest BCUT2D eigenvalue weighted by Crippen LogP contribution is 2.15. The first kappa shape index (κ1) is 12.9. The molecule has 3 amide bonds. The fraction of sp³-hybridized carbons (Fsp3) is 0.143. The highest BCUT2D eigenvalue weighted by Gasteiger charge is 2.07. The van der Waals surface area contributed by atoms with Crippen molar-refractivity contribution >= 4 is 22.7 Å². The molecular formula is C14H15N3O2. The molecule has 2 aromatic carbocycles. The van der Waals surface area contributed by atoms with E-state index in [1.165, 1.54) is 0 Å². The number of urea groups is 1. The summed E-state index contributed by atoms with van der Waals surface area (Å²) >= 11 is 0. The fourth-order valence-corrected chi connectivity index (χ4v) is 1.72. The van der Waals surface area contributed by atoms with Gasteiger partial charge in [0.2, 0.25) is 0 Å². The zero-order valence-electron chi connectivity index (χ0n) is 10.6. The van der Waals surface area contributed by atoms with Crippen LogP contribution >= 0.6 is 0 Å². The molecule has 0 aliphatic heterocycles. The first-order valence-electron chi connectivity index (χ1n) is 6.03. The fourth-order valence-electron chi connectivity index (χ4n) is 1.72. The SMILES string of the molecule is CCNC(=O)NNC(=O)c1ccc2ccccc2c1. The van der Waals surface area contributed by atoms with Crippen LogP contribution in [0.4, 0.5) is 4.79 Å². The number of hydrogen-bond acceptors (Lipinski definition) is 2. The molecule has 98 valence electrons. The maximum atomic E-state index is 11.8. The molecule has 0 saturated carbocycles. The second kappa shape index (κ2) is 5.86. The second-order valence-electron chi connectivity index (χ2n) is 4.00. The molecule has 0 aliphatic rings. The molecule has 0 saturated heterocycles. The van der Waals surface area contributed by atoms with Gasteiger partial charge in [-0.05, 0) is 29.8 Å². The summed E-state index contributed by atoms with van der Waals surface area (Å²) in [5, 5.41) is 4.56. The standard InChI is InChI=1S/C14H15N3O2/c1-2-15-14(19)17-16-13(18)12-8-7-10-5-3-4-6-11(10)9-12/h3-9H,2H2,1H3,(H,16,18)(H2,15,17,19). The average molecular weight is 257 g/mol. The monoisotopic (exact) mass is 257 g/mol. The zero-order valence-corrected chi connectivity index (χ0v) is 10.6. The lowest BCUT2D eigenvalue weighted by molar-refractivity contribution is 0.0936. The summed E-state index contributed by atoms with van der Waals surface area (Å²) < 4.78 is 0. The molecule has 0 fully saturated rings. The van der Waals surface area contributed by atoms with Crippen LogP contribution in [0.1, 0.15) is 17.3 Å². The topological polar surface area (TPSA) is 70.2 Å². The van der Waals surface area contributed by atoms with Gasteiger partial charge in [-0.1, -0.05) is 30.3 Å². The third-order valence-electron chi connectivity index (χ3n) is 2.64. The molecule has 0 heterocycles. The lowest BCUT2D eigenvalue weighted by Gasteiger charge is -2.08. The minimum atomic E-state index is -0.434. The Morgan fingerprint density at radius 1 is 1.00 bits per heavy atom. The van der Waals surface area contributed by atoms with Gasteiger partial charge in [0, 0.05) is 12.1 Å². The number of nitrogens with one attached hydrogen (secondary N) is 3. The van der Waals surface area contributed by atoms with E-state index in [-0.39, 0.29) is 5.91 Å². The van der Waals surface area contributed by atoms with Crippen LogP contribution in [0.25, 0.3) is 10.8 Å². The molecule has 0 atom stereocenters. The first-order valence-corrected chi connectivity index (χ1v) is 6.03. The Morgan fingerprint density at radius 3 is 2.47 bits per heavy atom. The predicted octanol–water partition coefficient (Wildman–Crippen LogP) is 1.80. The minimum Gasteiger partial charge on any atom is -0.337 e. The number of fused-ring (bicyclic) bond motifs is 1. The van der Waals surface area contributed by atoms with E-state index in [4.69, 9.17) is 0 Å². The van der Waals surface area contributed by atoms with Crippen LogP contribution in [-0.2, 0) is 0 Å². The largest absolute Gasteiger partial charge is 0.337 e. The Bertz CT molecular complexity index is 610. The minimum absolute atomic E-state index is 0.350. The summed E-state index contributed by atoms with van der Waals surface area (Å²) in [5.41, 5.74) is 5.12. The van der Waals surface area contributed by atoms with E-state index in [1.807, 2.05) is 30.3 Å². The Labute approximate surface area is 111 Å². The molecule has 3 N–H and O–H groups in total. The van der Waals surface area contributed by atoms with Crippen LogP contribution in [0.3, 0.4) is 0 Å². The van der Waals surface area contributed by atoms with E-state index < -0.39 is 6.03 Å². The molecule has 0 spiro atoms. The quantitative estimate of drug-likeness (QED) is 0.718. The normalized spacial score (nSPS) is 9.95. The maximum absolute atomic E-state index is 11.8. The van der Waals surface area contributed by atoms with E-state index in [0.29, 0.717) is 12.1 Å². The van der Waals surface area contributed by atoms with Crippen LogP contribution in [0.15, 0.2) is 42.5 Å². The average Bonchev–Trinajstić information content (AvgIpc) is 2.44. The summed E-state index contributed by atoms with van der Waals surface area (Å²) in [4.78, 5) is 23.0. The Balaban J connectivity index is 2.07. The van der Waals surface area contributed by atoms with Crippen LogP contribution in [0.2, 0.25) is 0 Å². The molecule has 2 rings (SSSR count). The zero-order chi connectivity index (χ0) is 13.7. The number of hydrazine groups is 1.